The second-order valence-corrected chi connectivity index (χ2v) is 11.1. The molecule has 4 aliphatic rings. The molecular weight excluding hydrogens is 376 g/mol. The Labute approximate surface area is 182 Å². The quantitative estimate of drug-likeness (QED) is 0.555. The van der Waals surface area contributed by atoms with Crippen LogP contribution in [0.3, 0.4) is 0 Å². The van der Waals surface area contributed by atoms with E-state index >= 15 is 0 Å². The number of aliphatic hydroxyl groups excluding tert-OH is 1. The zero-order chi connectivity index (χ0) is 21.7. The SMILES string of the molecule is CCOC(=O)OCC[C@H]1CC=C2C3=C(CC[C@@]21C)[C@@]1(C)CC[C@H](O)C(C)(C)C1CC3. The third-order valence-electron chi connectivity index (χ3n) is 9.49. The highest BCUT2D eigenvalue weighted by Crippen LogP contribution is 2.66. The summed E-state index contributed by atoms with van der Waals surface area (Å²) in [4.78, 5) is 11.5. The topological polar surface area (TPSA) is 55.8 Å². The first kappa shape index (κ1) is 21.9. The standard InChI is InChI=1S/C26H40O4/c1-6-29-23(28)30-16-13-17-7-9-19-18-8-10-21-24(2,3)22(27)12-15-26(21,5)20(18)11-14-25(17,19)4/h9,17,21-22,27H,6-8,10-16H2,1-5H3/t17-,21?,22+,25-,26-/m1/s1. The van der Waals surface area contributed by atoms with Crippen LogP contribution in [0, 0.1) is 28.1 Å². The summed E-state index contributed by atoms with van der Waals surface area (Å²) < 4.78 is 10.2. The smallest absolute Gasteiger partial charge is 0.435 e. The number of allylic oxidation sites excluding steroid dienone is 4. The molecule has 30 heavy (non-hydrogen) atoms. The molecule has 0 aliphatic heterocycles. The van der Waals surface area contributed by atoms with Crippen molar-refractivity contribution in [1.82, 2.24) is 0 Å². The second kappa shape index (κ2) is 7.69. The molecule has 4 rings (SSSR count). The van der Waals surface area contributed by atoms with Crippen molar-refractivity contribution < 1.29 is 19.4 Å². The Kier molecular flexibility index (Phi) is 5.62. The van der Waals surface area contributed by atoms with E-state index in [0.29, 0.717) is 25.0 Å². The van der Waals surface area contributed by atoms with Crippen molar-refractivity contribution in [1.29, 1.82) is 0 Å². The zero-order valence-corrected chi connectivity index (χ0v) is 19.6. The number of hydrogen-bond acceptors (Lipinski definition) is 4. The average molecular weight is 417 g/mol. The van der Waals surface area contributed by atoms with Crippen molar-refractivity contribution in [3.63, 3.8) is 0 Å². The second-order valence-electron chi connectivity index (χ2n) is 11.1. The van der Waals surface area contributed by atoms with E-state index in [1.165, 1.54) is 19.3 Å². The molecule has 4 aliphatic carbocycles. The number of hydrogen-bond donors (Lipinski definition) is 1. The molecule has 0 spiro atoms. The third-order valence-corrected chi connectivity index (χ3v) is 9.49. The van der Waals surface area contributed by atoms with Gasteiger partial charge in [0.15, 0.2) is 0 Å². The Hall–Kier alpha value is -1.29. The summed E-state index contributed by atoms with van der Waals surface area (Å²) >= 11 is 0. The van der Waals surface area contributed by atoms with Crippen molar-refractivity contribution in [2.75, 3.05) is 13.2 Å². The van der Waals surface area contributed by atoms with Crippen molar-refractivity contribution in [3.05, 3.63) is 22.8 Å². The number of rotatable bonds is 4. The van der Waals surface area contributed by atoms with Crippen molar-refractivity contribution in [2.45, 2.75) is 92.1 Å². The van der Waals surface area contributed by atoms with Gasteiger partial charge in [0.2, 0.25) is 0 Å². The van der Waals surface area contributed by atoms with Gasteiger partial charge in [-0.05, 0) is 97.5 Å². The van der Waals surface area contributed by atoms with Crippen LogP contribution in [-0.2, 0) is 9.47 Å². The van der Waals surface area contributed by atoms with Crippen LogP contribution in [0.4, 0.5) is 4.79 Å². The van der Waals surface area contributed by atoms with Crippen LogP contribution in [0.1, 0.15) is 86.0 Å². The maximum atomic E-state index is 11.5. The van der Waals surface area contributed by atoms with Crippen molar-refractivity contribution >= 4 is 6.16 Å². The number of carbonyl (C=O) groups is 1. The minimum Gasteiger partial charge on any atom is -0.435 e. The van der Waals surface area contributed by atoms with Crippen molar-refractivity contribution in [2.24, 2.45) is 28.1 Å². The minimum absolute atomic E-state index is 0.0106. The Morgan fingerprint density at radius 2 is 1.87 bits per heavy atom. The minimum atomic E-state index is -0.546. The highest BCUT2D eigenvalue weighted by Gasteiger charge is 2.57. The van der Waals surface area contributed by atoms with Crippen LogP contribution in [-0.4, -0.2) is 30.6 Å². The highest BCUT2D eigenvalue weighted by atomic mass is 16.7. The Balaban J connectivity index is 1.53. The lowest BCUT2D eigenvalue weighted by Gasteiger charge is -2.59. The van der Waals surface area contributed by atoms with Crippen LogP contribution < -0.4 is 0 Å². The molecule has 0 aromatic heterocycles. The third kappa shape index (κ3) is 3.25. The van der Waals surface area contributed by atoms with Crippen LogP contribution in [0.25, 0.3) is 0 Å². The molecule has 4 nitrogen and oxygen atoms in total. The lowest BCUT2D eigenvalue weighted by atomic mass is 9.46. The summed E-state index contributed by atoms with van der Waals surface area (Å²) in [5.41, 5.74) is 5.35. The number of aliphatic hydroxyl groups is 1. The van der Waals surface area contributed by atoms with E-state index in [4.69, 9.17) is 9.47 Å². The van der Waals surface area contributed by atoms with E-state index in [-0.39, 0.29) is 22.3 Å². The van der Waals surface area contributed by atoms with Gasteiger partial charge < -0.3 is 14.6 Å². The summed E-state index contributed by atoms with van der Waals surface area (Å²) in [6, 6.07) is 0. The predicted octanol–water partition coefficient (Wildman–Crippen LogP) is 6.19. The van der Waals surface area contributed by atoms with Crippen LogP contribution in [0.2, 0.25) is 0 Å². The molecule has 1 saturated carbocycles. The highest BCUT2D eigenvalue weighted by molar-refractivity contribution is 5.59. The Morgan fingerprint density at radius 3 is 2.60 bits per heavy atom. The van der Waals surface area contributed by atoms with Gasteiger partial charge in [0, 0.05) is 0 Å². The van der Waals surface area contributed by atoms with Gasteiger partial charge in [-0.1, -0.05) is 39.3 Å². The Bertz CT molecular complexity index is 763. The normalized spacial score (nSPS) is 39.5. The lowest BCUT2D eigenvalue weighted by Crippen LogP contribution is -2.53. The molecule has 0 amide bonds. The molecule has 168 valence electrons. The van der Waals surface area contributed by atoms with Gasteiger partial charge in [-0.2, -0.15) is 0 Å². The van der Waals surface area contributed by atoms with Crippen molar-refractivity contribution in [3.8, 4) is 0 Å². The number of fused-ring (bicyclic) bond motifs is 4. The average Bonchev–Trinajstić information content (AvgIpc) is 3.02. The first-order chi connectivity index (χ1) is 14.1. The molecule has 0 heterocycles. The van der Waals surface area contributed by atoms with E-state index in [1.54, 1.807) is 23.6 Å². The first-order valence-electron chi connectivity index (χ1n) is 12.1. The molecule has 0 aromatic carbocycles. The van der Waals surface area contributed by atoms with Gasteiger partial charge in [-0.15, -0.1) is 0 Å². The fourth-order valence-corrected chi connectivity index (χ4v) is 7.65. The first-order valence-corrected chi connectivity index (χ1v) is 12.1. The molecule has 0 saturated heterocycles. The predicted molar refractivity (Wildman–Crippen MR) is 118 cm³/mol. The monoisotopic (exact) mass is 416 g/mol. The number of ether oxygens (including phenoxy) is 2. The molecular formula is C26H40O4. The van der Waals surface area contributed by atoms with Crippen LogP contribution in [0.5, 0.6) is 0 Å². The molecule has 4 heteroatoms. The molecule has 5 atom stereocenters. The van der Waals surface area contributed by atoms with Crippen LogP contribution in [0.15, 0.2) is 22.8 Å². The van der Waals surface area contributed by atoms with Gasteiger partial charge in [0.1, 0.15) is 0 Å². The van der Waals surface area contributed by atoms with Gasteiger partial charge in [0.25, 0.3) is 0 Å². The van der Waals surface area contributed by atoms with Gasteiger partial charge in [-0.3, -0.25) is 0 Å². The summed E-state index contributed by atoms with van der Waals surface area (Å²) in [5, 5.41) is 10.7. The molecule has 1 N–H and O–H groups in total. The van der Waals surface area contributed by atoms with Crippen LogP contribution >= 0.6 is 0 Å². The van der Waals surface area contributed by atoms with Gasteiger partial charge in [-0.25, -0.2) is 4.79 Å². The summed E-state index contributed by atoms with van der Waals surface area (Å²) in [5.74, 6) is 1.10. The number of carbonyl (C=O) groups excluding carboxylic acids is 1. The largest absolute Gasteiger partial charge is 0.508 e. The lowest BCUT2D eigenvalue weighted by molar-refractivity contribution is -0.0904. The summed E-state index contributed by atoms with van der Waals surface area (Å²) in [6.07, 6.45) is 10.5. The maximum Gasteiger partial charge on any atom is 0.508 e. The summed E-state index contributed by atoms with van der Waals surface area (Å²) in [6.45, 7) is 12.1. The molecule has 0 bridgehead atoms. The fourth-order valence-electron chi connectivity index (χ4n) is 7.65. The zero-order valence-electron chi connectivity index (χ0n) is 19.6. The molecule has 1 fully saturated rings. The van der Waals surface area contributed by atoms with E-state index in [2.05, 4.69) is 33.8 Å². The van der Waals surface area contributed by atoms with Gasteiger partial charge in [0.05, 0.1) is 19.3 Å². The molecule has 0 aromatic rings. The molecule has 1 unspecified atom stereocenters. The summed E-state index contributed by atoms with van der Waals surface area (Å²) in [7, 11) is 0. The Morgan fingerprint density at radius 1 is 1.10 bits per heavy atom. The van der Waals surface area contributed by atoms with E-state index in [0.717, 1.165) is 32.1 Å². The maximum absolute atomic E-state index is 11.5. The van der Waals surface area contributed by atoms with Gasteiger partial charge >= 0.3 is 6.16 Å². The molecule has 0 radical (unpaired) electrons. The van der Waals surface area contributed by atoms with E-state index in [9.17, 15) is 9.90 Å². The van der Waals surface area contributed by atoms with E-state index < -0.39 is 6.16 Å². The van der Waals surface area contributed by atoms with E-state index in [1.807, 2.05) is 0 Å². The fraction of sp³-hybridized carbons (Fsp3) is 0.808.